The number of nitrogens with zero attached hydrogens (tertiary/aromatic N) is 2. The standard InChI is InChI=1S/C19H29FN4O2/c1-3-21-18(22-12-9-15-7-5-6-8-17(15)20)23-16-10-13-24(14-11-16)19(25)26-4-2/h5-8,16H,3-4,9-14H2,1-2H3,(H2,21,22,23). The molecule has 0 radical (unpaired) electrons. The summed E-state index contributed by atoms with van der Waals surface area (Å²) in [6, 6.07) is 7.04. The van der Waals surface area contributed by atoms with E-state index in [1.165, 1.54) is 6.07 Å². The number of aliphatic imine (C=N–C) groups is 1. The molecule has 0 saturated carbocycles. The number of piperidine rings is 1. The van der Waals surface area contributed by atoms with Crippen LogP contribution in [0.3, 0.4) is 0 Å². The van der Waals surface area contributed by atoms with Gasteiger partial charge in [-0.05, 0) is 44.7 Å². The maximum absolute atomic E-state index is 13.7. The van der Waals surface area contributed by atoms with Gasteiger partial charge in [-0.15, -0.1) is 0 Å². The van der Waals surface area contributed by atoms with Crippen LogP contribution in [0.15, 0.2) is 29.3 Å². The Kier molecular flexibility index (Phi) is 8.18. The van der Waals surface area contributed by atoms with Gasteiger partial charge in [0.2, 0.25) is 0 Å². The van der Waals surface area contributed by atoms with Gasteiger partial charge in [0.15, 0.2) is 5.96 Å². The van der Waals surface area contributed by atoms with Crippen LogP contribution < -0.4 is 10.6 Å². The van der Waals surface area contributed by atoms with Gasteiger partial charge in [0.05, 0.1) is 6.61 Å². The number of hydrogen-bond acceptors (Lipinski definition) is 3. The first-order valence-corrected chi connectivity index (χ1v) is 9.34. The van der Waals surface area contributed by atoms with Gasteiger partial charge in [-0.25, -0.2) is 9.18 Å². The Hall–Kier alpha value is -2.31. The highest BCUT2D eigenvalue weighted by Gasteiger charge is 2.23. The smallest absolute Gasteiger partial charge is 0.409 e. The second kappa shape index (κ2) is 10.6. The third-order valence-electron chi connectivity index (χ3n) is 4.31. The van der Waals surface area contributed by atoms with E-state index in [-0.39, 0.29) is 18.0 Å². The van der Waals surface area contributed by atoms with E-state index in [1.54, 1.807) is 17.0 Å². The fourth-order valence-electron chi connectivity index (χ4n) is 2.92. The van der Waals surface area contributed by atoms with Crippen molar-refractivity contribution in [2.75, 3.05) is 32.8 Å². The molecule has 2 N–H and O–H groups in total. The number of nitrogens with one attached hydrogen (secondary N) is 2. The molecule has 0 aromatic heterocycles. The van der Waals surface area contributed by atoms with Crippen molar-refractivity contribution in [3.8, 4) is 0 Å². The molecule has 0 spiro atoms. The second-order valence-electron chi connectivity index (χ2n) is 6.21. The van der Waals surface area contributed by atoms with Crippen LogP contribution in [0, 0.1) is 5.82 Å². The average Bonchev–Trinajstić information content (AvgIpc) is 2.64. The Balaban J connectivity index is 1.82. The van der Waals surface area contributed by atoms with Crippen molar-refractivity contribution >= 4 is 12.1 Å². The predicted octanol–water partition coefficient (Wildman–Crippen LogP) is 2.54. The molecule has 2 rings (SSSR count). The van der Waals surface area contributed by atoms with Crippen LogP contribution >= 0.6 is 0 Å². The molecule has 1 heterocycles. The van der Waals surface area contributed by atoms with Crippen molar-refractivity contribution in [1.29, 1.82) is 0 Å². The number of benzene rings is 1. The molecule has 0 aliphatic carbocycles. The summed E-state index contributed by atoms with van der Waals surface area (Å²) >= 11 is 0. The van der Waals surface area contributed by atoms with Gasteiger partial charge >= 0.3 is 6.09 Å². The largest absolute Gasteiger partial charge is 0.450 e. The first kappa shape index (κ1) is 20.0. The van der Waals surface area contributed by atoms with E-state index in [4.69, 9.17) is 4.74 Å². The summed E-state index contributed by atoms with van der Waals surface area (Å²) in [6.45, 7) is 6.84. The summed E-state index contributed by atoms with van der Waals surface area (Å²) in [5, 5.41) is 6.64. The number of ether oxygens (including phenoxy) is 1. The number of rotatable bonds is 6. The molecule has 0 unspecified atom stereocenters. The molecule has 0 bridgehead atoms. The number of guanidine groups is 1. The molecule has 1 fully saturated rings. The van der Waals surface area contributed by atoms with Crippen LogP contribution in [0.25, 0.3) is 0 Å². The Morgan fingerprint density at radius 1 is 1.31 bits per heavy atom. The highest BCUT2D eigenvalue weighted by molar-refractivity contribution is 5.80. The molecule has 1 aliphatic heterocycles. The molecule has 7 heteroatoms. The lowest BCUT2D eigenvalue weighted by Crippen LogP contribution is -2.50. The minimum atomic E-state index is -0.239. The molecule has 26 heavy (non-hydrogen) atoms. The average molecular weight is 364 g/mol. The van der Waals surface area contributed by atoms with E-state index >= 15 is 0 Å². The zero-order valence-electron chi connectivity index (χ0n) is 15.6. The molecule has 1 aromatic rings. The van der Waals surface area contributed by atoms with Gasteiger partial charge < -0.3 is 20.3 Å². The van der Waals surface area contributed by atoms with Crippen molar-refractivity contribution in [1.82, 2.24) is 15.5 Å². The van der Waals surface area contributed by atoms with Crippen LogP contribution in [0.1, 0.15) is 32.3 Å². The highest BCUT2D eigenvalue weighted by atomic mass is 19.1. The molecule has 1 aromatic carbocycles. The lowest BCUT2D eigenvalue weighted by atomic mass is 10.1. The monoisotopic (exact) mass is 364 g/mol. The van der Waals surface area contributed by atoms with Crippen molar-refractivity contribution in [3.05, 3.63) is 35.6 Å². The number of hydrogen-bond donors (Lipinski definition) is 2. The first-order chi connectivity index (χ1) is 12.6. The summed E-state index contributed by atoms with van der Waals surface area (Å²) in [5.74, 6) is 0.547. The summed E-state index contributed by atoms with van der Waals surface area (Å²) in [4.78, 5) is 18.0. The zero-order valence-corrected chi connectivity index (χ0v) is 15.6. The minimum absolute atomic E-state index is 0.188. The molecule has 0 atom stereocenters. The topological polar surface area (TPSA) is 66.0 Å². The van der Waals surface area contributed by atoms with E-state index in [1.807, 2.05) is 19.9 Å². The van der Waals surface area contributed by atoms with Crippen LogP contribution in [-0.4, -0.2) is 55.8 Å². The molecule has 1 saturated heterocycles. The van der Waals surface area contributed by atoms with Gasteiger partial charge in [-0.3, -0.25) is 4.99 Å². The maximum atomic E-state index is 13.7. The third kappa shape index (κ3) is 6.20. The fraction of sp³-hybridized carbons (Fsp3) is 0.579. The van der Waals surface area contributed by atoms with Gasteiger partial charge in [0.25, 0.3) is 0 Å². The Bertz CT molecular complexity index is 601. The van der Waals surface area contributed by atoms with Crippen molar-refractivity contribution in [2.45, 2.75) is 39.2 Å². The van der Waals surface area contributed by atoms with E-state index in [0.29, 0.717) is 38.2 Å². The van der Waals surface area contributed by atoms with E-state index in [9.17, 15) is 9.18 Å². The quantitative estimate of drug-likeness (QED) is 0.601. The number of carbonyl (C=O) groups is 1. The van der Waals surface area contributed by atoms with E-state index in [0.717, 1.165) is 25.3 Å². The van der Waals surface area contributed by atoms with Crippen molar-refractivity contribution in [2.24, 2.45) is 4.99 Å². The molecule has 144 valence electrons. The predicted molar refractivity (Wildman–Crippen MR) is 101 cm³/mol. The fourth-order valence-corrected chi connectivity index (χ4v) is 2.92. The maximum Gasteiger partial charge on any atom is 0.409 e. The summed E-state index contributed by atoms with van der Waals surface area (Å²) < 4.78 is 18.7. The lowest BCUT2D eigenvalue weighted by Gasteiger charge is -2.32. The van der Waals surface area contributed by atoms with E-state index < -0.39 is 0 Å². The SMILES string of the molecule is CCNC(=NCCc1ccccc1F)NC1CCN(C(=O)OCC)CC1. The number of carbonyl (C=O) groups excluding carboxylic acids is 1. The number of halogens is 1. The second-order valence-corrected chi connectivity index (χ2v) is 6.21. The summed E-state index contributed by atoms with van der Waals surface area (Å²) in [6.07, 6.45) is 2.01. The van der Waals surface area contributed by atoms with E-state index in [2.05, 4.69) is 15.6 Å². The normalized spacial score (nSPS) is 15.7. The highest BCUT2D eigenvalue weighted by Crippen LogP contribution is 2.11. The first-order valence-electron chi connectivity index (χ1n) is 9.34. The van der Waals surface area contributed by atoms with Crippen LogP contribution in [-0.2, 0) is 11.2 Å². The molecular weight excluding hydrogens is 335 g/mol. The Labute approximate surface area is 154 Å². The van der Waals surface area contributed by atoms with Gasteiger partial charge in [0, 0.05) is 32.2 Å². The number of likely N-dealkylation sites (tertiary alicyclic amines) is 1. The molecule has 6 nitrogen and oxygen atoms in total. The number of amides is 1. The van der Waals surface area contributed by atoms with Crippen LogP contribution in [0.4, 0.5) is 9.18 Å². The van der Waals surface area contributed by atoms with Crippen LogP contribution in [0.5, 0.6) is 0 Å². The van der Waals surface area contributed by atoms with Crippen LogP contribution in [0.2, 0.25) is 0 Å². The van der Waals surface area contributed by atoms with Crippen molar-refractivity contribution in [3.63, 3.8) is 0 Å². The van der Waals surface area contributed by atoms with Crippen molar-refractivity contribution < 1.29 is 13.9 Å². The lowest BCUT2D eigenvalue weighted by molar-refractivity contribution is 0.0963. The zero-order chi connectivity index (χ0) is 18.8. The minimum Gasteiger partial charge on any atom is -0.450 e. The molecule has 1 aliphatic rings. The summed E-state index contributed by atoms with van der Waals surface area (Å²) in [7, 11) is 0. The van der Waals surface area contributed by atoms with Gasteiger partial charge in [0.1, 0.15) is 5.82 Å². The summed E-state index contributed by atoms with van der Waals surface area (Å²) in [5.41, 5.74) is 0.676. The Morgan fingerprint density at radius 2 is 2.04 bits per heavy atom. The van der Waals surface area contributed by atoms with Gasteiger partial charge in [-0.2, -0.15) is 0 Å². The Morgan fingerprint density at radius 3 is 2.69 bits per heavy atom. The third-order valence-corrected chi connectivity index (χ3v) is 4.31. The molecular formula is C19H29FN4O2. The van der Waals surface area contributed by atoms with Gasteiger partial charge in [-0.1, -0.05) is 18.2 Å². The molecule has 1 amide bonds.